The molecule has 18 heavy (non-hydrogen) atoms. The third-order valence-electron chi connectivity index (χ3n) is 3.86. The number of hydrogen-bond acceptors (Lipinski definition) is 3. The van der Waals surface area contributed by atoms with Gasteiger partial charge in [-0.2, -0.15) is 0 Å². The minimum Gasteiger partial charge on any atom is -0.341 e. The summed E-state index contributed by atoms with van der Waals surface area (Å²) >= 11 is 0. The normalized spacial score (nSPS) is 25.7. The minimum absolute atomic E-state index is 0.00243. The van der Waals surface area contributed by atoms with Crippen molar-refractivity contribution < 1.29 is 9.59 Å². The van der Waals surface area contributed by atoms with E-state index in [1.807, 2.05) is 9.80 Å². The fraction of sp³-hybridized carbons (Fsp3) is 0.846. The van der Waals surface area contributed by atoms with Gasteiger partial charge in [0.1, 0.15) is 0 Å². The number of piperidine rings is 1. The van der Waals surface area contributed by atoms with Gasteiger partial charge in [-0.05, 0) is 25.8 Å². The number of hydrogen-bond donors (Lipinski definition) is 1. The summed E-state index contributed by atoms with van der Waals surface area (Å²) in [6.45, 7) is 5.45. The highest BCUT2D eigenvalue weighted by Crippen LogP contribution is 2.12. The van der Waals surface area contributed by atoms with E-state index in [1.54, 1.807) is 6.92 Å². The topological polar surface area (TPSA) is 52.7 Å². The SMILES string of the molecule is CC(=O)N1CCCN(C(=O)[C@H]2CCCCN2)CC1. The van der Waals surface area contributed by atoms with Crippen molar-refractivity contribution in [2.75, 3.05) is 32.7 Å². The van der Waals surface area contributed by atoms with Crippen molar-refractivity contribution in [3.63, 3.8) is 0 Å². The Balaban J connectivity index is 1.88. The Kier molecular flexibility index (Phi) is 4.58. The molecule has 0 spiro atoms. The molecule has 2 aliphatic rings. The lowest BCUT2D eigenvalue weighted by atomic mass is 10.0. The molecule has 0 saturated carbocycles. The number of carbonyl (C=O) groups excluding carboxylic acids is 2. The maximum Gasteiger partial charge on any atom is 0.239 e. The minimum atomic E-state index is 0.00243. The molecule has 2 heterocycles. The molecule has 2 aliphatic heterocycles. The van der Waals surface area contributed by atoms with Crippen molar-refractivity contribution in [2.24, 2.45) is 0 Å². The van der Waals surface area contributed by atoms with Gasteiger partial charge in [-0.15, -0.1) is 0 Å². The summed E-state index contributed by atoms with van der Waals surface area (Å²) < 4.78 is 0. The van der Waals surface area contributed by atoms with Crippen LogP contribution in [0.5, 0.6) is 0 Å². The van der Waals surface area contributed by atoms with Crippen LogP contribution in [-0.4, -0.2) is 60.4 Å². The Morgan fingerprint density at radius 1 is 1.00 bits per heavy atom. The molecule has 1 atom stereocenters. The summed E-state index contributed by atoms with van der Waals surface area (Å²) in [5, 5.41) is 3.30. The monoisotopic (exact) mass is 253 g/mol. The first-order valence-electron chi connectivity index (χ1n) is 6.96. The smallest absolute Gasteiger partial charge is 0.239 e. The third-order valence-corrected chi connectivity index (χ3v) is 3.86. The fourth-order valence-electron chi connectivity index (χ4n) is 2.74. The first kappa shape index (κ1) is 13.3. The highest BCUT2D eigenvalue weighted by Gasteiger charge is 2.27. The Labute approximate surface area is 108 Å². The summed E-state index contributed by atoms with van der Waals surface area (Å²) in [6.07, 6.45) is 4.14. The number of carbonyl (C=O) groups is 2. The molecular weight excluding hydrogens is 230 g/mol. The van der Waals surface area contributed by atoms with E-state index < -0.39 is 0 Å². The predicted molar refractivity (Wildman–Crippen MR) is 69.1 cm³/mol. The van der Waals surface area contributed by atoms with Gasteiger partial charge in [0.05, 0.1) is 6.04 Å². The van der Waals surface area contributed by atoms with Crippen LogP contribution in [0.15, 0.2) is 0 Å². The second-order valence-electron chi connectivity index (χ2n) is 5.19. The maximum absolute atomic E-state index is 12.3. The zero-order valence-corrected chi connectivity index (χ0v) is 11.2. The molecule has 102 valence electrons. The highest BCUT2D eigenvalue weighted by atomic mass is 16.2. The van der Waals surface area contributed by atoms with Crippen molar-refractivity contribution in [3.05, 3.63) is 0 Å². The van der Waals surface area contributed by atoms with Crippen LogP contribution in [0.2, 0.25) is 0 Å². The molecule has 0 aromatic rings. The number of rotatable bonds is 1. The van der Waals surface area contributed by atoms with E-state index in [1.165, 1.54) is 6.42 Å². The van der Waals surface area contributed by atoms with E-state index in [0.717, 1.165) is 38.9 Å². The van der Waals surface area contributed by atoms with Crippen LogP contribution in [0.3, 0.4) is 0 Å². The lowest BCUT2D eigenvalue weighted by Gasteiger charge is -2.29. The van der Waals surface area contributed by atoms with Gasteiger partial charge in [0, 0.05) is 33.1 Å². The van der Waals surface area contributed by atoms with Crippen LogP contribution < -0.4 is 5.32 Å². The van der Waals surface area contributed by atoms with Gasteiger partial charge in [0.25, 0.3) is 0 Å². The zero-order valence-electron chi connectivity index (χ0n) is 11.2. The van der Waals surface area contributed by atoms with Gasteiger partial charge in [-0.3, -0.25) is 9.59 Å². The van der Waals surface area contributed by atoms with Gasteiger partial charge in [0.2, 0.25) is 11.8 Å². The second kappa shape index (κ2) is 6.18. The van der Waals surface area contributed by atoms with Crippen molar-refractivity contribution in [1.82, 2.24) is 15.1 Å². The molecule has 2 saturated heterocycles. The Morgan fingerprint density at radius 2 is 1.72 bits per heavy atom. The summed E-state index contributed by atoms with van der Waals surface area (Å²) in [5.41, 5.74) is 0. The van der Waals surface area contributed by atoms with Gasteiger partial charge in [-0.1, -0.05) is 6.42 Å². The molecule has 0 aromatic heterocycles. The van der Waals surface area contributed by atoms with Crippen LogP contribution in [-0.2, 0) is 9.59 Å². The van der Waals surface area contributed by atoms with E-state index in [-0.39, 0.29) is 17.9 Å². The number of nitrogens with one attached hydrogen (secondary N) is 1. The van der Waals surface area contributed by atoms with Crippen LogP contribution in [0, 0.1) is 0 Å². The standard InChI is InChI=1S/C13H23N3O2/c1-11(17)15-7-4-8-16(10-9-15)13(18)12-5-2-3-6-14-12/h12,14H,2-10H2,1H3/t12-/m1/s1. The average Bonchev–Trinajstić information content (AvgIpc) is 2.64. The molecule has 2 amide bonds. The van der Waals surface area contributed by atoms with E-state index in [0.29, 0.717) is 13.1 Å². The van der Waals surface area contributed by atoms with Crippen LogP contribution in [0.4, 0.5) is 0 Å². The summed E-state index contributed by atoms with van der Waals surface area (Å²) in [6, 6.07) is 0.00243. The molecule has 0 aliphatic carbocycles. The highest BCUT2D eigenvalue weighted by molar-refractivity contribution is 5.82. The van der Waals surface area contributed by atoms with Crippen LogP contribution in [0.25, 0.3) is 0 Å². The van der Waals surface area contributed by atoms with E-state index in [4.69, 9.17) is 0 Å². The third kappa shape index (κ3) is 3.22. The quantitative estimate of drug-likeness (QED) is 0.727. The first-order valence-corrected chi connectivity index (χ1v) is 6.96. The molecule has 0 bridgehead atoms. The Hall–Kier alpha value is -1.10. The molecule has 2 fully saturated rings. The van der Waals surface area contributed by atoms with E-state index >= 15 is 0 Å². The zero-order chi connectivity index (χ0) is 13.0. The van der Waals surface area contributed by atoms with Gasteiger partial charge in [-0.25, -0.2) is 0 Å². The molecular formula is C13H23N3O2. The number of amides is 2. The average molecular weight is 253 g/mol. The molecule has 0 unspecified atom stereocenters. The van der Waals surface area contributed by atoms with Crippen LogP contribution in [0.1, 0.15) is 32.6 Å². The fourth-order valence-corrected chi connectivity index (χ4v) is 2.74. The van der Waals surface area contributed by atoms with E-state index in [9.17, 15) is 9.59 Å². The molecule has 1 N–H and O–H groups in total. The lowest BCUT2D eigenvalue weighted by Crippen LogP contribution is -2.49. The Morgan fingerprint density at radius 3 is 2.39 bits per heavy atom. The Bertz CT molecular complexity index is 313. The molecule has 5 heteroatoms. The predicted octanol–water partition coefficient (Wildman–Crippen LogP) is 0.209. The van der Waals surface area contributed by atoms with Crippen molar-refractivity contribution in [3.8, 4) is 0 Å². The summed E-state index contributed by atoms with van der Waals surface area (Å²) in [5.74, 6) is 0.334. The first-order chi connectivity index (χ1) is 8.68. The summed E-state index contributed by atoms with van der Waals surface area (Å²) in [7, 11) is 0. The van der Waals surface area contributed by atoms with Crippen molar-refractivity contribution in [2.45, 2.75) is 38.6 Å². The van der Waals surface area contributed by atoms with Gasteiger partial charge < -0.3 is 15.1 Å². The number of nitrogens with zero attached hydrogens (tertiary/aromatic N) is 2. The molecule has 0 aromatic carbocycles. The van der Waals surface area contributed by atoms with E-state index in [2.05, 4.69) is 5.32 Å². The molecule has 0 radical (unpaired) electrons. The van der Waals surface area contributed by atoms with Crippen molar-refractivity contribution >= 4 is 11.8 Å². The van der Waals surface area contributed by atoms with Crippen LogP contribution >= 0.6 is 0 Å². The van der Waals surface area contributed by atoms with Crippen molar-refractivity contribution in [1.29, 1.82) is 0 Å². The maximum atomic E-state index is 12.3. The lowest BCUT2D eigenvalue weighted by molar-refractivity contribution is -0.134. The molecule has 5 nitrogen and oxygen atoms in total. The molecule has 2 rings (SSSR count). The van der Waals surface area contributed by atoms with Gasteiger partial charge >= 0.3 is 0 Å². The second-order valence-corrected chi connectivity index (χ2v) is 5.19. The summed E-state index contributed by atoms with van der Waals surface area (Å²) in [4.78, 5) is 27.4. The largest absolute Gasteiger partial charge is 0.341 e. The van der Waals surface area contributed by atoms with Gasteiger partial charge in [0.15, 0.2) is 0 Å².